The molecule has 0 heterocycles. The SMILES string of the molecule is O=C(O)C(O)c1cccc(I)c1C(F)(F)F. The second-order valence-electron chi connectivity index (χ2n) is 2.94. The van der Waals surface area contributed by atoms with Gasteiger partial charge in [-0.25, -0.2) is 4.79 Å². The first-order valence-corrected chi connectivity index (χ1v) is 5.09. The minimum Gasteiger partial charge on any atom is -0.479 e. The summed E-state index contributed by atoms with van der Waals surface area (Å²) >= 11 is 1.44. The molecule has 1 aromatic carbocycles. The number of carboxylic acid groups (broad SMARTS) is 1. The average molecular weight is 346 g/mol. The molecule has 0 radical (unpaired) electrons. The highest BCUT2D eigenvalue weighted by Crippen LogP contribution is 2.37. The first-order chi connectivity index (χ1) is 7.25. The minimum atomic E-state index is -4.69. The molecule has 0 saturated heterocycles. The van der Waals surface area contributed by atoms with Gasteiger partial charge in [-0.05, 0) is 28.7 Å². The van der Waals surface area contributed by atoms with Gasteiger partial charge in [0.25, 0.3) is 0 Å². The number of rotatable bonds is 2. The number of hydrogen-bond acceptors (Lipinski definition) is 2. The highest BCUT2D eigenvalue weighted by Gasteiger charge is 2.38. The van der Waals surface area contributed by atoms with Crippen molar-refractivity contribution in [3.63, 3.8) is 0 Å². The van der Waals surface area contributed by atoms with Crippen LogP contribution in [-0.4, -0.2) is 16.2 Å². The number of carbonyl (C=O) groups is 1. The molecule has 7 heteroatoms. The Morgan fingerprint density at radius 1 is 1.38 bits per heavy atom. The molecule has 0 saturated carbocycles. The van der Waals surface area contributed by atoms with Crippen molar-refractivity contribution in [3.05, 3.63) is 32.9 Å². The zero-order valence-electron chi connectivity index (χ0n) is 7.62. The third-order valence-corrected chi connectivity index (χ3v) is 2.76. The minimum absolute atomic E-state index is 0.150. The first-order valence-electron chi connectivity index (χ1n) is 4.01. The van der Waals surface area contributed by atoms with Gasteiger partial charge in [-0.2, -0.15) is 13.2 Å². The second kappa shape index (κ2) is 4.58. The zero-order chi connectivity index (χ0) is 12.5. The zero-order valence-corrected chi connectivity index (χ0v) is 9.78. The topological polar surface area (TPSA) is 57.5 Å². The lowest BCUT2D eigenvalue weighted by Crippen LogP contribution is -2.18. The van der Waals surface area contributed by atoms with Crippen molar-refractivity contribution in [2.24, 2.45) is 0 Å². The Morgan fingerprint density at radius 2 is 1.94 bits per heavy atom. The summed E-state index contributed by atoms with van der Waals surface area (Å²) in [5.74, 6) is -1.72. The van der Waals surface area contributed by atoms with Crippen LogP contribution in [0.5, 0.6) is 0 Å². The van der Waals surface area contributed by atoms with Crippen molar-refractivity contribution < 1.29 is 28.2 Å². The molecule has 1 unspecified atom stereocenters. The van der Waals surface area contributed by atoms with Crippen molar-refractivity contribution in [2.75, 3.05) is 0 Å². The number of aliphatic hydroxyl groups is 1. The number of alkyl halides is 3. The average Bonchev–Trinajstić information content (AvgIpc) is 2.14. The quantitative estimate of drug-likeness (QED) is 0.809. The number of aliphatic hydroxyl groups excluding tert-OH is 1. The molecule has 0 aliphatic heterocycles. The van der Waals surface area contributed by atoms with E-state index in [0.29, 0.717) is 0 Å². The summed E-state index contributed by atoms with van der Waals surface area (Å²) in [6, 6.07) is 3.41. The van der Waals surface area contributed by atoms with E-state index in [4.69, 9.17) is 10.2 Å². The van der Waals surface area contributed by atoms with Crippen molar-refractivity contribution in [2.45, 2.75) is 12.3 Å². The van der Waals surface area contributed by atoms with E-state index >= 15 is 0 Å². The third-order valence-electron chi connectivity index (χ3n) is 1.86. The van der Waals surface area contributed by atoms with Crippen LogP contribution in [0.25, 0.3) is 0 Å². The van der Waals surface area contributed by atoms with Gasteiger partial charge in [-0.3, -0.25) is 0 Å². The number of halogens is 4. The molecule has 0 fully saturated rings. The normalized spacial score (nSPS) is 13.6. The second-order valence-corrected chi connectivity index (χ2v) is 4.10. The van der Waals surface area contributed by atoms with E-state index < -0.39 is 29.4 Å². The molecule has 0 bridgehead atoms. The smallest absolute Gasteiger partial charge is 0.417 e. The molecule has 3 nitrogen and oxygen atoms in total. The lowest BCUT2D eigenvalue weighted by atomic mass is 10.0. The van der Waals surface area contributed by atoms with E-state index in [-0.39, 0.29) is 3.57 Å². The van der Waals surface area contributed by atoms with Crippen LogP contribution in [0, 0.1) is 3.57 Å². The van der Waals surface area contributed by atoms with Crippen molar-refractivity contribution in [3.8, 4) is 0 Å². The van der Waals surface area contributed by atoms with Crippen molar-refractivity contribution >= 4 is 28.6 Å². The van der Waals surface area contributed by atoms with E-state index in [1.165, 1.54) is 34.7 Å². The van der Waals surface area contributed by atoms with Gasteiger partial charge in [0.15, 0.2) is 6.10 Å². The number of hydrogen-bond donors (Lipinski definition) is 2. The Kier molecular flexibility index (Phi) is 3.79. The lowest BCUT2D eigenvalue weighted by Gasteiger charge is -2.16. The molecular formula is C9H6F3IO3. The van der Waals surface area contributed by atoms with E-state index in [0.717, 1.165) is 6.07 Å². The van der Waals surface area contributed by atoms with Gasteiger partial charge in [0.1, 0.15) is 0 Å². The predicted octanol–water partition coefficient (Wildman–Crippen LogP) is 2.43. The van der Waals surface area contributed by atoms with Crippen LogP contribution >= 0.6 is 22.6 Å². The van der Waals surface area contributed by atoms with Gasteiger partial charge in [-0.1, -0.05) is 12.1 Å². The van der Waals surface area contributed by atoms with Gasteiger partial charge in [0, 0.05) is 9.13 Å². The molecule has 0 amide bonds. The fourth-order valence-corrected chi connectivity index (χ4v) is 2.03. The molecule has 1 rings (SSSR count). The fourth-order valence-electron chi connectivity index (χ4n) is 1.20. The van der Waals surface area contributed by atoms with Gasteiger partial charge in [0.2, 0.25) is 0 Å². The molecule has 1 atom stereocenters. The maximum atomic E-state index is 12.6. The summed E-state index contributed by atoms with van der Waals surface area (Å²) < 4.78 is 37.7. The molecule has 0 aromatic heterocycles. The molecular weight excluding hydrogens is 340 g/mol. The summed E-state index contributed by atoms with van der Waals surface area (Å²) in [4.78, 5) is 10.5. The largest absolute Gasteiger partial charge is 0.479 e. The Hall–Kier alpha value is -0.830. The van der Waals surface area contributed by atoms with Crippen LogP contribution in [0.1, 0.15) is 17.2 Å². The maximum absolute atomic E-state index is 12.6. The molecule has 88 valence electrons. The number of benzene rings is 1. The Morgan fingerprint density at radius 3 is 2.38 bits per heavy atom. The van der Waals surface area contributed by atoms with Crippen molar-refractivity contribution in [1.82, 2.24) is 0 Å². The first kappa shape index (κ1) is 13.2. The standard InChI is InChI=1S/C9H6F3IO3/c10-9(11,12)6-4(7(14)8(15)16)2-1-3-5(6)13/h1-3,7,14H,(H,15,16). The maximum Gasteiger partial charge on any atom is 0.417 e. The van der Waals surface area contributed by atoms with Gasteiger partial charge >= 0.3 is 12.1 Å². The van der Waals surface area contributed by atoms with Crippen molar-refractivity contribution in [1.29, 1.82) is 0 Å². The molecule has 1 aromatic rings. The fraction of sp³-hybridized carbons (Fsp3) is 0.222. The van der Waals surface area contributed by atoms with E-state index in [1.54, 1.807) is 0 Å². The van der Waals surface area contributed by atoms with Crippen LogP contribution in [0.3, 0.4) is 0 Å². The van der Waals surface area contributed by atoms with Crippen LogP contribution in [-0.2, 0) is 11.0 Å². The molecule has 0 aliphatic rings. The highest BCUT2D eigenvalue weighted by atomic mass is 127. The summed E-state index contributed by atoms with van der Waals surface area (Å²) in [7, 11) is 0. The predicted molar refractivity (Wildman–Crippen MR) is 56.8 cm³/mol. The van der Waals surface area contributed by atoms with Gasteiger partial charge in [-0.15, -0.1) is 0 Å². The molecule has 0 spiro atoms. The summed E-state index contributed by atoms with van der Waals surface area (Å²) in [5.41, 5.74) is -1.75. The molecule has 16 heavy (non-hydrogen) atoms. The van der Waals surface area contributed by atoms with E-state index in [2.05, 4.69) is 0 Å². The van der Waals surface area contributed by atoms with Gasteiger partial charge in [0.05, 0.1) is 5.56 Å². The Labute approximate surface area is 102 Å². The van der Waals surface area contributed by atoms with E-state index in [1.807, 2.05) is 0 Å². The van der Waals surface area contributed by atoms with Gasteiger partial charge < -0.3 is 10.2 Å². The Balaban J connectivity index is 3.40. The van der Waals surface area contributed by atoms with Crippen LogP contribution < -0.4 is 0 Å². The molecule has 2 N–H and O–H groups in total. The lowest BCUT2D eigenvalue weighted by molar-refractivity contribution is -0.149. The van der Waals surface area contributed by atoms with E-state index in [9.17, 15) is 18.0 Å². The summed E-state index contributed by atoms with van der Waals surface area (Å²) in [6.07, 6.45) is -6.87. The van der Waals surface area contributed by atoms with Crippen LogP contribution in [0.2, 0.25) is 0 Å². The molecule has 0 aliphatic carbocycles. The monoisotopic (exact) mass is 346 g/mol. The summed E-state index contributed by atoms with van der Waals surface area (Å²) in [5, 5.41) is 17.7. The summed E-state index contributed by atoms with van der Waals surface area (Å²) in [6.45, 7) is 0. The van der Waals surface area contributed by atoms with Crippen LogP contribution in [0.15, 0.2) is 18.2 Å². The number of aliphatic carboxylic acids is 1. The Bertz CT molecular complexity index is 417. The van der Waals surface area contributed by atoms with Crippen LogP contribution in [0.4, 0.5) is 13.2 Å². The third kappa shape index (κ3) is 2.64. The highest BCUT2D eigenvalue weighted by molar-refractivity contribution is 14.1. The number of carboxylic acids is 1.